The molecule has 5 aliphatic carbocycles. The summed E-state index contributed by atoms with van der Waals surface area (Å²) in [4.78, 5) is 0. The zero-order valence-corrected chi connectivity index (χ0v) is 15.3. The SMILES string of the molecule is CC1CC2C3C4C(CC(C)CC4C4(CCCC4)C3C1)C2(C)C. The molecular weight excluding hydrogens is 264 g/mol. The Labute approximate surface area is 137 Å². The van der Waals surface area contributed by atoms with Crippen molar-refractivity contribution in [3.63, 3.8) is 0 Å². The van der Waals surface area contributed by atoms with Crippen LogP contribution in [0.15, 0.2) is 0 Å². The van der Waals surface area contributed by atoms with E-state index in [0.717, 1.165) is 52.8 Å². The topological polar surface area (TPSA) is 0 Å². The summed E-state index contributed by atoms with van der Waals surface area (Å²) in [7, 11) is 0. The zero-order valence-electron chi connectivity index (χ0n) is 15.3. The van der Waals surface area contributed by atoms with E-state index in [1.807, 2.05) is 0 Å². The summed E-state index contributed by atoms with van der Waals surface area (Å²) in [5.41, 5.74) is 1.45. The first kappa shape index (κ1) is 14.4. The van der Waals surface area contributed by atoms with Crippen molar-refractivity contribution in [3.8, 4) is 0 Å². The van der Waals surface area contributed by atoms with Gasteiger partial charge in [-0.15, -0.1) is 0 Å². The van der Waals surface area contributed by atoms with Crippen LogP contribution in [-0.4, -0.2) is 0 Å². The van der Waals surface area contributed by atoms with Gasteiger partial charge in [0.15, 0.2) is 0 Å². The molecule has 0 heteroatoms. The fourth-order valence-corrected chi connectivity index (χ4v) is 9.35. The zero-order chi connectivity index (χ0) is 15.3. The van der Waals surface area contributed by atoms with Gasteiger partial charge in [0.1, 0.15) is 0 Å². The van der Waals surface area contributed by atoms with E-state index in [9.17, 15) is 0 Å². The van der Waals surface area contributed by atoms with E-state index < -0.39 is 0 Å². The standard InChI is InChI=1S/C22H36/c1-13-9-15-19-17(11-13)22(7-5-6-8-22)18-12-14(2)10-16(20(18)19)21(15,3)4/h13-20H,5-12H2,1-4H3. The van der Waals surface area contributed by atoms with Gasteiger partial charge in [-0.3, -0.25) is 0 Å². The van der Waals surface area contributed by atoms with Crippen LogP contribution in [0, 0.1) is 58.2 Å². The van der Waals surface area contributed by atoms with Crippen molar-refractivity contribution in [1.82, 2.24) is 0 Å². The highest BCUT2D eigenvalue weighted by atomic mass is 14.8. The van der Waals surface area contributed by atoms with E-state index in [0.29, 0.717) is 5.41 Å². The average molecular weight is 301 g/mol. The largest absolute Gasteiger partial charge is 0.0625 e. The Kier molecular flexibility index (Phi) is 2.83. The third kappa shape index (κ3) is 1.52. The molecule has 0 nitrogen and oxygen atoms in total. The second-order valence-electron chi connectivity index (χ2n) is 11.0. The van der Waals surface area contributed by atoms with Gasteiger partial charge >= 0.3 is 0 Å². The van der Waals surface area contributed by atoms with Crippen molar-refractivity contribution in [2.45, 2.75) is 79.1 Å². The molecule has 5 rings (SSSR count). The molecule has 0 aromatic carbocycles. The first-order valence-electron chi connectivity index (χ1n) is 10.4. The van der Waals surface area contributed by atoms with Crippen molar-refractivity contribution >= 4 is 0 Å². The van der Waals surface area contributed by atoms with Crippen LogP contribution in [-0.2, 0) is 0 Å². The molecule has 0 aliphatic heterocycles. The van der Waals surface area contributed by atoms with Gasteiger partial charge in [-0.1, -0.05) is 40.5 Å². The fourth-order valence-electron chi connectivity index (χ4n) is 9.35. The van der Waals surface area contributed by atoms with Crippen molar-refractivity contribution in [2.24, 2.45) is 58.2 Å². The normalized spacial score (nSPS) is 57.3. The molecule has 22 heavy (non-hydrogen) atoms. The van der Waals surface area contributed by atoms with Gasteiger partial charge in [-0.05, 0) is 96.7 Å². The summed E-state index contributed by atoms with van der Waals surface area (Å²) in [6.07, 6.45) is 12.6. The van der Waals surface area contributed by atoms with Gasteiger partial charge in [0.25, 0.3) is 0 Å². The monoisotopic (exact) mass is 300 g/mol. The lowest BCUT2D eigenvalue weighted by Crippen LogP contribution is -2.44. The van der Waals surface area contributed by atoms with Crippen molar-refractivity contribution in [3.05, 3.63) is 0 Å². The smallest absolute Gasteiger partial charge is 0.0235 e. The Bertz CT molecular complexity index is 428. The highest BCUT2D eigenvalue weighted by Crippen LogP contribution is 2.78. The highest BCUT2D eigenvalue weighted by molar-refractivity contribution is 5.20. The molecule has 0 radical (unpaired) electrons. The van der Waals surface area contributed by atoms with Gasteiger partial charge in [0.05, 0.1) is 0 Å². The van der Waals surface area contributed by atoms with Crippen LogP contribution in [0.5, 0.6) is 0 Å². The predicted octanol–water partition coefficient (Wildman–Crippen LogP) is 6.16. The molecule has 8 unspecified atom stereocenters. The number of hydrogen-bond acceptors (Lipinski definition) is 0. The van der Waals surface area contributed by atoms with Gasteiger partial charge in [-0.2, -0.15) is 0 Å². The van der Waals surface area contributed by atoms with E-state index in [-0.39, 0.29) is 0 Å². The van der Waals surface area contributed by atoms with Crippen LogP contribution in [0.4, 0.5) is 0 Å². The second kappa shape index (κ2) is 4.34. The third-order valence-corrected chi connectivity index (χ3v) is 9.85. The van der Waals surface area contributed by atoms with Crippen LogP contribution >= 0.6 is 0 Å². The minimum absolute atomic E-state index is 0.634. The Hall–Kier alpha value is 0. The molecule has 0 aromatic heterocycles. The van der Waals surface area contributed by atoms with Crippen LogP contribution < -0.4 is 0 Å². The molecule has 0 heterocycles. The summed E-state index contributed by atoms with van der Waals surface area (Å²) in [5.74, 6) is 8.62. The molecule has 8 atom stereocenters. The number of hydrogen-bond donors (Lipinski definition) is 0. The van der Waals surface area contributed by atoms with E-state index in [1.165, 1.54) is 0 Å². The lowest BCUT2D eigenvalue weighted by atomic mass is 9.54. The summed E-state index contributed by atoms with van der Waals surface area (Å²) < 4.78 is 0. The molecule has 0 N–H and O–H groups in total. The van der Waals surface area contributed by atoms with Gasteiger partial charge < -0.3 is 0 Å². The molecule has 5 fully saturated rings. The molecule has 5 saturated carbocycles. The van der Waals surface area contributed by atoms with Crippen LogP contribution in [0.1, 0.15) is 79.1 Å². The van der Waals surface area contributed by atoms with E-state index in [2.05, 4.69) is 27.7 Å². The second-order valence-corrected chi connectivity index (χ2v) is 11.0. The van der Waals surface area contributed by atoms with Gasteiger partial charge in [-0.25, -0.2) is 0 Å². The van der Waals surface area contributed by atoms with Crippen LogP contribution in [0.25, 0.3) is 0 Å². The lowest BCUT2D eigenvalue weighted by molar-refractivity contribution is -0.0242. The average Bonchev–Trinajstić information content (AvgIpc) is 3.10. The molecule has 1 spiro atoms. The Morgan fingerprint density at radius 2 is 1.05 bits per heavy atom. The predicted molar refractivity (Wildman–Crippen MR) is 92.4 cm³/mol. The van der Waals surface area contributed by atoms with Crippen molar-refractivity contribution in [1.29, 1.82) is 0 Å². The first-order chi connectivity index (χ1) is 10.4. The number of fused-ring (bicyclic) bond motifs is 2. The van der Waals surface area contributed by atoms with Gasteiger partial charge in [0.2, 0.25) is 0 Å². The molecule has 5 aliphatic rings. The summed E-state index contributed by atoms with van der Waals surface area (Å²) in [6, 6.07) is 0. The van der Waals surface area contributed by atoms with E-state index in [1.54, 1.807) is 51.4 Å². The fraction of sp³-hybridized carbons (Fsp3) is 1.00. The summed E-state index contributed by atoms with van der Waals surface area (Å²) >= 11 is 0. The maximum atomic E-state index is 2.67. The minimum Gasteiger partial charge on any atom is -0.0625 e. The first-order valence-corrected chi connectivity index (χ1v) is 10.4. The molecular formula is C22H36. The van der Waals surface area contributed by atoms with Crippen molar-refractivity contribution < 1.29 is 0 Å². The van der Waals surface area contributed by atoms with Gasteiger partial charge in [0, 0.05) is 0 Å². The highest BCUT2D eigenvalue weighted by Gasteiger charge is 2.71. The minimum atomic E-state index is 0.634. The van der Waals surface area contributed by atoms with E-state index >= 15 is 0 Å². The molecule has 0 saturated heterocycles. The summed E-state index contributed by atoms with van der Waals surface area (Å²) in [6.45, 7) is 10.5. The molecule has 124 valence electrons. The molecule has 0 bridgehead atoms. The Morgan fingerprint density at radius 1 is 0.636 bits per heavy atom. The third-order valence-electron chi connectivity index (χ3n) is 9.85. The summed E-state index contributed by atoms with van der Waals surface area (Å²) in [5, 5.41) is 0. The molecule has 0 aromatic rings. The lowest BCUT2D eigenvalue weighted by Gasteiger charge is -2.51. The maximum Gasteiger partial charge on any atom is -0.0235 e. The quantitative estimate of drug-likeness (QED) is 0.503. The number of rotatable bonds is 0. The molecule has 0 amide bonds. The van der Waals surface area contributed by atoms with Crippen molar-refractivity contribution in [2.75, 3.05) is 0 Å². The maximum absolute atomic E-state index is 2.67. The van der Waals surface area contributed by atoms with Crippen LogP contribution in [0.2, 0.25) is 0 Å². The Morgan fingerprint density at radius 3 is 1.50 bits per heavy atom. The van der Waals surface area contributed by atoms with E-state index in [4.69, 9.17) is 0 Å². The van der Waals surface area contributed by atoms with Crippen LogP contribution in [0.3, 0.4) is 0 Å². The Balaban J connectivity index is 1.66.